The van der Waals surface area contributed by atoms with Crippen LogP contribution >= 0.6 is 0 Å². The van der Waals surface area contributed by atoms with Crippen LogP contribution in [0.3, 0.4) is 0 Å². The molecule has 0 bridgehead atoms. The minimum atomic E-state index is -0.242. The molecule has 0 radical (unpaired) electrons. The van der Waals surface area contributed by atoms with Crippen LogP contribution in [0.1, 0.15) is 11.1 Å². The number of hydrogen-bond donors (Lipinski definition) is 0. The van der Waals surface area contributed by atoms with Crippen LogP contribution in [-0.2, 0) is 21.1 Å². The summed E-state index contributed by atoms with van der Waals surface area (Å²) in [6, 6.07) is 52.9. The second kappa shape index (κ2) is 18.7. The second-order valence-corrected chi connectivity index (χ2v) is 8.99. The van der Waals surface area contributed by atoms with Gasteiger partial charge in [0.15, 0.2) is 0 Å². The van der Waals surface area contributed by atoms with E-state index in [0.29, 0.717) is 0 Å². The van der Waals surface area contributed by atoms with Crippen LogP contribution in [0.5, 0.6) is 0 Å². The van der Waals surface area contributed by atoms with Crippen molar-refractivity contribution in [3.05, 3.63) is 163 Å². The van der Waals surface area contributed by atoms with Crippen molar-refractivity contribution in [1.82, 2.24) is 0 Å². The van der Waals surface area contributed by atoms with Crippen molar-refractivity contribution in [2.75, 3.05) is 0 Å². The van der Waals surface area contributed by atoms with Gasteiger partial charge in [-0.15, -0.1) is 0 Å². The van der Waals surface area contributed by atoms with Gasteiger partial charge in [0.1, 0.15) is 0 Å². The fourth-order valence-corrected chi connectivity index (χ4v) is 4.49. The zero-order valence-corrected chi connectivity index (χ0v) is 22.9. The molecule has 5 rings (SSSR count). The van der Waals surface area contributed by atoms with Crippen molar-refractivity contribution in [1.29, 1.82) is 0 Å². The summed E-state index contributed by atoms with van der Waals surface area (Å²) in [5.74, 6) is 0. The molecule has 33 heavy (non-hydrogen) atoms. The molecule has 0 nitrogen and oxygen atoms in total. The van der Waals surface area contributed by atoms with E-state index >= 15 is 0 Å². The third-order valence-electron chi connectivity index (χ3n) is 4.67. The van der Waals surface area contributed by atoms with Crippen molar-refractivity contribution >= 4 is 19.9 Å². The summed E-state index contributed by atoms with van der Waals surface area (Å²) in [6.07, 6.45) is 0. The van der Waals surface area contributed by atoms with E-state index in [4.69, 9.17) is 0 Å². The van der Waals surface area contributed by atoms with Crippen molar-refractivity contribution in [2.45, 2.75) is 13.8 Å². The van der Waals surface area contributed by atoms with Gasteiger partial charge in [-0.05, 0) is 0 Å². The van der Waals surface area contributed by atoms with Crippen LogP contribution in [0.2, 0.25) is 0 Å². The Balaban J connectivity index is 0.000000240. The first-order chi connectivity index (χ1) is 15.8. The van der Waals surface area contributed by atoms with Gasteiger partial charge in [0.25, 0.3) is 0 Å². The fraction of sp³-hybridized carbons (Fsp3) is 0.0645. The molecule has 0 N–H and O–H groups in total. The van der Waals surface area contributed by atoms with E-state index in [0.717, 1.165) is 0 Å². The zero-order chi connectivity index (χ0) is 22.7. The largest absolute Gasteiger partial charge is 4.00 e. The average molecular weight is 626 g/mol. The number of rotatable bonds is 2. The van der Waals surface area contributed by atoms with Gasteiger partial charge in [-0.3, -0.25) is 0 Å². The van der Waals surface area contributed by atoms with Crippen LogP contribution in [0.25, 0.3) is 0 Å². The maximum Gasteiger partial charge on any atom is 4.00 e. The maximum atomic E-state index is 2.89. The van der Waals surface area contributed by atoms with Gasteiger partial charge < -0.3 is 0 Å². The molecule has 0 aliphatic rings. The Morgan fingerprint density at radius 2 is 0.939 bits per heavy atom. The molecule has 5 aromatic rings. The second-order valence-electron chi connectivity index (χ2n) is 7.06. The average Bonchev–Trinajstić information content (AvgIpc) is 3.21. The Morgan fingerprint density at radius 1 is 0.545 bits per heavy atom. The van der Waals surface area contributed by atoms with Crippen molar-refractivity contribution < 1.29 is 21.1 Å². The third kappa shape index (κ3) is 13.3. The van der Waals surface area contributed by atoms with Crippen molar-refractivity contribution in [3.8, 4) is 0 Å². The van der Waals surface area contributed by atoms with E-state index < -0.39 is 0 Å². The van der Waals surface area contributed by atoms with Crippen molar-refractivity contribution in [2.24, 2.45) is 0 Å². The molecule has 0 heterocycles. The van der Waals surface area contributed by atoms with E-state index in [2.05, 4.69) is 74.5 Å². The quantitative estimate of drug-likeness (QED) is 0.177. The molecular formula is C31H30PtSi. The number of benzene rings is 4. The molecule has 0 aromatic heterocycles. The van der Waals surface area contributed by atoms with Crippen LogP contribution in [0.15, 0.2) is 133 Å². The molecular weight excluding hydrogens is 596 g/mol. The van der Waals surface area contributed by atoms with Crippen LogP contribution in [0.4, 0.5) is 0 Å². The summed E-state index contributed by atoms with van der Waals surface area (Å²) in [6.45, 7) is 4.43. The maximum absolute atomic E-state index is 2.89. The molecule has 5 aromatic carbocycles. The van der Waals surface area contributed by atoms with Gasteiger partial charge in [0.05, 0.1) is 0 Å². The summed E-state index contributed by atoms with van der Waals surface area (Å²) in [7, 11) is -0.242. The molecule has 168 valence electrons. The number of aryl methyl sites for hydroxylation is 1. The molecule has 0 unspecified atom stereocenters. The summed E-state index contributed by atoms with van der Waals surface area (Å²) in [4.78, 5) is 0. The minimum absolute atomic E-state index is 0. The van der Waals surface area contributed by atoms with Gasteiger partial charge in [-0.2, -0.15) is 132 Å². The van der Waals surface area contributed by atoms with E-state index in [1.807, 2.05) is 91.0 Å². The van der Waals surface area contributed by atoms with Crippen LogP contribution < -0.4 is 10.4 Å². The molecule has 0 saturated heterocycles. The number of hydrogen-bond acceptors (Lipinski definition) is 0. The Hall–Kier alpha value is -2.86. The predicted octanol–water partition coefficient (Wildman–Crippen LogP) is 5.60. The first-order valence-electron chi connectivity index (χ1n) is 10.8. The molecule has 0 amide bonds. The minimum Gasteiger partial charge on any atom is -0.210 e. The first kappa shape index (κ1) is 28.2. The normalized spacial score (nSPS) is 9.15. The summed E-state index contributed by atoms with van der Waals surface area (Å²) in [5.41, 5.74) is 2.93. The fourth-order valence-electron chi connectivity index (χ4n) is 2.76. The Morgan fingerprint density at radius 3 is 1.21 bits per heavy atom. The first-order valence-corrected chi connectivity index (χ1v) is 12.2. The molecule has 0 saturated carbocycles. The molecule has 0 atom stereocenters. The molecule has 0 aliphatic heterocycles. The molecule has 0 fully saturated rings. The molecule has 0 spiro atoms. The monoisotopic (exact) mass is 625 g/mol. The van der Waals surface area contributed by atoms with Crippen LogP contribution in [0, 0.1) is 32.0 Å². The van der Waals surface area contributed by atoms with E-state index in [1.165, 1.54) is 16.3 Å². The smallest absolute Gasteiger partial charge is 0.210 e. The summed E-state index contributed by atoms with van der Waals surface area (Å²) >= 11 is 0. The van der Waals surface area contributed by atoms with Gasteiger partial charge in [-0.1, -0.05) is 49.4 Å². The SMILES string of the molecule is Cc1cc[c-]([SiH2]c2ccccc2)c1C.[Pt+4].[c-]1ccccc1.[c-]1ccccc1.[c-]1ccccc1. The van der Waals surface area contributed by atoms with Gasteiger partial charge in [0, 0.05) is 9.52 Å². The van der Waals surface area contributed by atoms with Crippen molar-refractivity contribution in [3.63, 3.8) is 0 Å². The summed E-state index contributed by atoms with van der Waals surface area (Å²) < 4.78 is 0. The Kier molecular flexibility index (Phi) is 15.9. The standard InChI is InChI=1S/C13H15Si.3C6H5.Pt/c1-10-8-9-13(11(10)2)14-12-6-4-3-5-7-12;3*1-2-4-6-5-3-1;/h3-9H,14H2,1-2H3;3*1-5H;/q4*-1;+4. The van der Waals surface area contributed by atoms with Gasteiger partial charge >= 0.3 is 21.1 Å². The topological polar surface area (TPSA) is 0 Å². The zero-order valence-electron chi connectivity index (χ0n) is 19.2. The van der Waals surface area contributed by atoms with Gasteiger partial charge in [0.2, 0.25) is 0 Å². The Labute approximate surface area is 216 Å². The molecule has 0 aliphatic carbocycles. The summed E-state index contributed by atoms with van der Waals surface area (Å²) in [5, 5.41) is 3.12. The molecule has 2 heteroatoms. The third-order valence-corrected chi connectivity index (χ3v) is 6.69. The predicted molar refractivity (Wildman–Crippen MR) is 142 cm³/mol. The van der Waals surface area contributed by atoms with E-state index in [-0.39, 0.29) is 30.6 Å². The van der Waals surface area contributed by atoms with E-state index in [9.17, 15) is 0 Å². The van der Waals surface area contributed by atoms with E-state index in [1.54, 1.807) is 5.19 Å². The van der Waals surface area contributed by atoms with Crippen LogP contribution in [-0.4, -0.2) is 9.52 Å². The Bertz CT molecular complexity index is 888. The van der Waals surface area contributed by atoms with Gasteiger partial charge in [-0.25, -0.2) is 6.07 Å².